The van der Waals surface area contributed by atoms with Crippen molar-refractivity contribution in [3.05, 3.63) is 24.3 Å². The number of ether oxygens (including phenoxy) is 1. The number of hydrogen-bond donors (Lipinski definition) is 0. The van der Waals surface area contributed by atoms with Crippen LogP contribution in [0.2, 0.25) is 0 Å². The molecule has 1 aromatic carbocycles. The molecule has 0 N–H and O–H groups in total. The van der Waals surface area contributed by atoms with Crippen molar-refractivity contribution < 1.29 is 19.1 Å². The zero-order valence-electron chi connectivity index (χ0n) is 17.7. The molecule has 1 unspecified atom stereocenters. The normalized spacial score (nSPS) is 23.4. The van der Waals surface area contributed by atoms with Gasteiger partial charge in [0.05, 0.1) is 24.8 Å². The van der Waals surface area contributed by atoms with Crippen molar-refractivity contribution in [2.24, 2.45) is 5.92 Å². The Hall–Kier alpha value is -2.41. The van der Waals surface area contributed by atoms with Gasteiger partial charge in [0, 0.05) is 19.0 Å². The molecule has 0 spiro atoms. The first-order chi connectivity index (χ1) is 14.6. The minimum absolute atomic E-state index is 0.0540. The number of likely N-dealkylation sites (tertiary alicyclic amines) is 2. The van der Waals surface area contributed by atoms with Crippen LogP contribution in [0.3, 0.4) is 0 Å². The summed E-state index contributed by atoms with van der Waals surface area (Å²) in [5.74, 6) is 0.737. The molecule has 4 rings (SSSR count). The molecule has 0 bridgehead atoms. The molecule has 1 aromatic rings. The van der Waals surface area contributed by atoms with Gasteiger partial charge in [-0.1, -0.05) is 6.92 Å². The fourth-order valence-electron chi connectivity index (χ4n) is 4.74. The standard InChI is InChI=1S/C23H31N3O4/c1-2-15-30-19-7-5-18(6-8-19)26-21(27)16-20(23(26)29)24-13-9-17(10-14-24)22(28)25-11-3-4-12-25/h5-8,17,20H,2-4,9-16H2,1H3. The predicted octanol–water partition coefficient (Wildman–Crippen LogP) is 2.44. The molecular formula is C23H31N3O4. The Kier molecular flexibility index (Phi) is 6.37. The maximum Gasteiger partial charge on any atom is 0.251 e. The van der Waals surface area contributed by atoms with Crippen molar-refractivity contribution in [3.63, 3.8) is 0 Å². The van der Waals surface area contributed by atoms with Crippen molar-refractivity contribution in [1.82, 2.24) is 9.80 Å². The molecule has 0 saturated carbocycles. The maximum atomic E-state index is 13.1. The van der Waals surface area contributed by atoms with Crippen molar-refractivity contribution in [3.8, 4) is 5.75 Å². The minimum atomic E-state index is -0.420. The highest BCUT2D eigenvalue weighted by molar-refractivity contribution is 6.22. The number of carbonyl (C=O) groups is 3. The van der Waals surface area contributed by atoms with Crippen LogP contribution in [0.1, 0.15) is 45.4 Å². The quantitative estimate of drug-likeness (QED) is 0.670. The monoisotopic (exact) mass is 413 g/mol. The van der Waals surface area contributed by atoms with Gasteiger partial charge in [-0.05, 0) is 69.5 Å². The topological polar surface area (TPSA) is 70.2 Å². The second-order valence-electron chi connectivity index (χ2n) is 8.47. The smallest absolute Gasteiger partial charge is 0.251 e. The highest BCUT2D eigenvalue weighted by Crippen LogP contribution is 2.30. The molecule has 0 aromatic heterocycles. The number of nitrogens with zero attached hydrogens (tertiary/aromatic N) is 3. The first-order valence-electron chi connectivity index (χ1n) is 11.2. The second-order valence-corrected chi connectivity index (χ2v) is 8.47. The van der Waals surface area contributed by atoms with Crippen molar-refractivity contribution >= 4 is 23.4 Å². The van der Waals surface area contributed by atoms with Gasteiger partial charge in [0.1, 0.15) is 5.75 Å². The molecule has 7 nitrogen and oxygen atoms in total. The zero-order chi connectivity index (χ0) is 21.1. The number of rotatable bonds is 6. The number of anilines is 1. The first kappa shape index (κ1) is 20.8. The molecule has 0 radical (unpaired) electrons. The van der Waals surface area contributed by atoms with E-state index in [-0.39, 0.29) is 30.1 Å². The minimum Gasteiger partial charge on any atom is -0.494 e. The Bertz CT molecular complexity index is 780. The summed E-state index contributed by atoms with van der Waals surface area (Å²) in [5.41, 5.74) is 0.593. The van der Waals surface area contributed by atoms with E-state index in [1.165, 1.54) is 4.90 Å². The van der Waals surface area contributed by atoms with Crippen molar-refractivity contribution in [1.29, 1.82) is 0 Å². The summed E-state index contributed by atoms with van der Waals surface area (Å²) in [6.45, 7) is 5.81. The summed E-state index contributed by atoms with van der Waals surface area (Å²) in [6, 6.07) is 6.72. The summed E-state index contributed by atoms with van der Waals surface area (Å²) in [6.07, 6.45) is 4.85. The summed E-state index contributed by atoms with van der Waals surface area (Å²) in [4.78, 5) is 43.7. The SMILES string of the molecule is CCCOc1ccc(N2C(=O)CC(N3CCC(C(=O)N4CCCC4)CC3)C2=O)cc1. The van der Waals surface area contributed by atoms with Gasteiger partial charge in [-0.2, -0.15) is 0 Å². The Labute approximate surface area is 177 Å². The zero-order valence-corrected chi connectivity index (χ0v) is 17.7. The molecule has 0 aliphatic carbocycles. The van der Waals surface area contributed by atoms with Crippen LogP contribution < -0.4 is 9.64 Å². The largest absolute Gasteiger partial charge is 0.494 e. The Balaban J connectivity index is 1.35. The van der Waals surface area contributed by atoms with Gasteiger partial charge >= 0.3 is 0 Å². The van der Waals surface area contributed by atoms with E-state index in [1.54, 1.807) is 24.3 Å². The van der Waals surface area contributed by atoms with E-state index in [4.69, 9.17) is 4.74 Å². The third-order valence-electron chi connectivity index (χ3n) is 6.43. The van der Waals surface area contributed by atoms with Gasteiger partial charge in [-0.3, -0.25) is 19.3 Å². The van der Waals surface area contributed by atoms with Gasteiger partial charge in [0.25, 0.3) is 5.91 Å². The molecule has 3 amide bonds. The Morgan fingerprint density at radius 2 is 1.70 bits per heavy atom. The summed E-state index contributed by atoms with van der Waals surface area (Å²) < 4.78 is 5.58. The van der Waals surface area contributed by atoms with E-state index in [0.717, 1.165) is 50.9 Å². The van der Waals surface area contributed by atoms with Crippen LogP contribution in [0.15, 0.2) is 24.3 Å². The van der Waals surface area contributed by atoms with Gasteiger partial charge in [-0.25, -0.2) is 4.90 Å². The number of carbonyl (C=O) groups excluding carboxylic acids is 3. The van der Waals surface area contributed by atoms with E-state index < -0.39 is 6.04 Å². The number of benzene rings is 1. The third-order valence-corrected chi connectivity index (χ3v) is 6.43. The maximum absolute atomic E-state index is 13.1. The van der Waals surface area contributed by atoms with Gasteiger partial charge in [0.15, 0.2) is 0 Å². The lowest BCUT2D eigenvalue weighted by Gasteiger charge is -2.35. The molecule has 3 aliphatic heterocycles. The average Bonchev–Trinajstić information content (AvgIpc) is 3.41. The van der Waals surface area contributed by atoms with Crippen LogP contribution in [0.4, 0.5) is 5.69 Å². The average molecular weight is 414 g/mol. The van der Waals surface area contributed by atoms with Crippen molar-refractivity contribution in [2.45, 2.75) is 51.5 Å². The number of hydrogen-bond acceptors (Lipinski definition) is 5. The van der Waals surface area contributed by atoms with Crippen molar-refractivity contribution in [2.75, 3.05) is 37.7 Å². The molecule has 3 aliphatic rings. The third kappa shape index (κ3) is 4.21. The van der Waals surface area contributed by atoms with Crippen LogP contribution >= 0.6 is 0 Å². The van der Waals surface area contributed by atoms with Crippen LogP contribution in [0.25, 0.3) is 0 Å². The Morgan fingerprint density at radius 3 is 2.33 bits per heavy atom. The van der Waals surface area contributed by atoms with E-state index in [9.17, 15) is 14.4 Å². The van der Waals surface area contributed by atoms with E-state index >= 15 is 0 Å². The number of amides is 3. The number of piperidine rings is 1. The lowest BCUT2D eigenvalue weighted by Crippen LogP contribution is -2.48. The lowest BCUT2D eigenvalue weighted by molar-refractivity contribution is -0.136. The summed E-state index contributed by atoms with van der Waals surface area (Å²) in [5, 5.41) is 0. The van der Waals surface area contributed by atoms with E-state index in [0.29, 0.717) is 25.4 Å². The van der Waals surface area contributed by atoms with E-state index in [2.05, 4.69) is 4.90 Å². The molecule has 30 heavy (non-hydrogen) atoms. The van der Waals surface area contributed by atoms with Crippen LogP contribution in [0, 0.1) is 5.92 Å². The Morgan fingerprint density at radius 1 is 1.03 bits per heavy atom. The highest BCUT2D eigenvalue weighted by atomic mass is 16.5. The molecule has 1 atom stereocenters. The van der Waals surface area contributed by atoms with E-state index in [1.807, 2.05) is 11.8 Å². The summed E-state index contributed by atoms with van der Waals surface area (Å²) in [7, 11) is 0. The predicted molar refractivity (Wildman–Crippen MR) is 113 cm³/mol. The van der Waals surface area contributed by atoms with Crippen LogP contribution in [-0.2, 0) is 14.4 Å². The van der Waals surface area contributed by atoms with Gasteiger partial charge < -0.3 is 9.64 Å². The van der Waals surface area contributed by atoms with Gasteiger partial charge in [0.2, 0.25) is 11.8 Å². The van der Waals surface area contributed by atoms with Crippen LogP contribution in [-0.4, -0.2) is 66.3 Å². The molecule has 162 valence electrons. The molecule has 7 heteroatoms. The summed E-state index contributed by atoms with van der Waals surface area (Å²) >= 11 is 0. The first-order valence-corrected chi connectivity index (χ1v) is 11.2. The fraction of sp³-hybridized carbons (Fsp3) is 0.609. The number of imide groups is 1. The molecular weight excluding hydrogens is 382 g/mol. The second kappa shape index (κ2) is 9.16. The van der Waals surface area contributed by atoms with Gasteiger partial charge in [-0.15, -0.1) is 0 Å². The van der Waals surface area contributed by atoms with Crippen LogP contribution in [0.5, 0.6) is 5.75 Å². The highest BCUT2D eigenvalue weighted by Gasteiger charge is 2.44. The fourth-order valence-corrected chi connectivity index (χ4v) is 4.74. The molecule has 3 heterocycles. The molecule has 3 saturated heterocycles. The lowest BCUT2D eigenvalue weighted by atomic mass is 9.94. The molecule has 3 fully saturated rings.